The maximum atomic E-state index is 12.8. The van der Waals surface area contributed by atoms with Gasteiger partial charge >= 0.3 is 0 Å². The van der Waals surface area contributed by atoms with Crippen molar-refractivity contribution in [2.75, 3.05) is 13.2 Å². The largest absolute Gasteiger partial charge is 0.507 e. The van der Waals surface area contributed by atoms with Crippen molar-refractivity contribution in [3.05, 3.63) is 142 Å². The van der Waals surface area contributed by atoms with E-state index in [1.54, 1.807) is 41.1 Å². The molecule has 9 heteroatoms. The molecule has 0 aliphatic carbocycles. The van der Waals surface area contributed by atoms with E-state index in [-0.39, 0.29) is 17.0 Å². The second kappa shape index (κ2) is 15.8. The van der Waals surface area contributed by atoms with Crippen LogP contribution in [0.5, 0.6) is 17.2 Å². The topological polar surface area (TPSA) is 117 Å². The van der Waals surface area contributed by atoms with Gasteiger partial charge in [-0.15, -0.1) is 5.10 Å². The molecule has 0 aliphatic heterocycles. The van der Waals surface area contributed by atoms with E-state index in [2.05, 4.69) is 10.3 Å². The van der Waals surface area contributed by atoms with Gasteiger partial charge in [0, 0.05) is 17.8 Å². The molecule has 2 aromatic heterocycles. The minimum absolute atomic E-state index is 0.0148. The monoisotopic (exact) mass is 655 g/mol. The highest BCUT2D eigenvalue weighted by Gasteiger charge is 2.12. The number of ketones is 1. The van der Waals surface area contributed by atoms with Crippen molar-refractivity contribution < 1.29 is 23.8 Å². The first-order chi connectivity index (χ1) is 24.0. The highest BCUT2D eigenvalue weighted by atomic mass is 16.5. The van der Waals surface area contributed by atoms with Crippen LogP contribution < -0.4 is 14.9 Å². The van der Waals surface area contributed by atoms with Crippen LogP contribution >= 0.6 is 0 Å². The van der Waals surface area contributed by atoms with E-state index in [0.717, 1.165) is 53.8 Å². The lowest BCUT2D eigenvalue weighted by molar-refractivity contribution is 0.104. The molecule has 0 saturated heterocycles. The normalized spacial score (nSPS) is 11.3. The summed E-state index contributed by atoms with van der Waals surface area (Å²) in [5.74, 6) is 1.50. The zero-order chi connectivity index (χ0) is 34.0. The average molecular weight is 656 g/mol. The van der Waals surface area contributed by atoms with Gasteiger partial charge in [0.2, 0.25) is 0 Å². The van der Waals surface area contributed by atoms with E-state index in [9.17, 15) is 14.7 Å². The maximum absolute atomic E-state index is 12.8. The minimum Gasteiger partial charge on any atom is -0.507 e. The molecule has 6 aromatic rings. The molecule has 0 spiro atoms. The van der Waals surface area contributed by atoms with Crippen molar-refractivity contribution >= 4 is 22.8 Å². The van der Waals surface area contributed by atoms with E-state index in [1.165, 1.54) is 12.1 Å². The highest BCUT2D eigenvalue weighted by molar-refractivity contribution is 6.08. The summed E-state index contributed by atoms with van der Waals surface area (Å²) in [6.07, 6.45) is 8.43. The van der Waals surface area contributed by atoms with Crippen molar-refractivity contribution in [3.8, 4) is 28.6 Å². The Hall–Kier alpha value is -5.96. The summed E-state index contributed by atoms with van der Waals surface area (Å²) in [5.41, 5.74) is 4.18. The van der Waals surface area contributed by atoms with Crippen molar-refractivity contribution in [1.82, 2.24) is 15.0 Å². The number of carbonyl (C=O) groups is 1. The summed E-state index contributed by atoms with van der Waals surface area (Å²) in [4.78, 5) is 25.4. The minimum atomic E-state index is -0.239. The van der Waals surface area contributed by atoms with Crippen molar-refractivity contribution in [2.45, 2.75) is 39.2 Å². The summed E-state index contributed by atoms with van der Waals surface area (Å²) < 4.78 is 19.8. The van der Waals surface area contributed by atoms with Crippen LogP contribution in [0.1, 0.15) is 46.9 Å². The van der Waals surface area contributed by atoms with Gasteiger partial charge in [-0.05, 0) is 79.3 Å². The quantitative estimate of drug-likeness (QED) is 0.0680. The molecule has 0 unspecified atom stereocenters. The van der Waals surface area contributed by atoms with Crippen LogP contribution in [0.2, 0.25) is 0 Å². The van der Waals surface area contributed by atoms with Gasteiger partial charge in [0.05, 0.1) is 29.8 Å². The third kappa shape index (κ3) is 8.50. The summed E-state index contributed by atoms with van der Waals surface area (Å²) >= 11 is 0. The van der Waals surface area contributed by atoms with Crippen LogP contribution in [-0.4, -0.2) is 39.1 Å². The molecule has 2 heterocycles. The van der Waals surface area contributed by atoms with Gasteiger partial charge in [0.25, 0.3) is 0 Å². The fraction of sp³-hybridized carbons (Fsp3) is 0.200. The third-order valence-corrected chi connectivity index (χ3v) is 8.08. The van der Waals surface area contributed by atoms with Gasteiger partial charge in [0.15, 0.2) is 22.5 Å². The summed E-state index contributed by atoms with van der Waals surface area (Å²) in [6.45, 7) is 3.39. The summed E-state index contributed by atoms with van der Waals surface area (Å²) in [5, 5.41) is 19.1. The molecule has 0 saturated carbocycles. The molecule has 0 fully saturated rings. The van der Waals surface area contributed by atoms with Crippen LogP contribution in [0.15, 0.2) is 119 Å². The molecule has 1 N–H and O–H groups in total. The number of hydrogen-bond donors (Lipinski definition) is 1. The first kappa shape index (κ1) is 33.0. The van der Waals surface area contributed by atoms with Crippen LogP contribution in [0, 0.1) is 0 Å². The van der Waals surface area contributed by atoms with Crippen molar-refractivity contribution in [2.24, 2.45) is 0 Å². The van der Waals surface area contributed by atoms with Crippen molar-refractivity contribution in [3.63, 3.8) is 0 Å². The Bertz CT molecular complexity index is 2120. The third-order valence-electron chi connectivity index (χ3n) is 8.08. The van der Waals surface area contributed by atoms with Gasteiger partial charge in [-0.1, -0.05) is 72.8 Å². The van der Waals surface area contributed by atoms with Gasteiger partial charge in [0.1, 0.15) is 23.9 Å². The molecule has 0 bridgehead atoms. The van der Waals surface area contributed by atoms with E-state index in [1.807, 2.05) is 73.8 Å². The Morgan fingerprint density at radius 2 is 1.76 bits per heavy atom. The highest BCUT2D eigenvalue weighted by Crippen LogP contribution is 2.28. The summed E-state index contributed by atoms with van der Waals surface area (Å²) in [6, 6.07) is 29.0. The zero-order valence-corrected chi connectivity index (χ0v) is 27.2. The number of phenols is 1. The lowest BCUT2D eigenvalue weighted by Gasteiger charge is -2.09. The predicted octanol–water partition coefficient (Wildman–Crippen LogP) is 7.70. The number of carbonyl (C=O) groups excluding carboxylic acids is 1. The number of fused-ring (bicyclic) bond motifs is 1. The zero-order valence-electron chi connectivity index (χ0n) is 27.2. The molecule has 4 aromatic carbocycles. The second-order valence-electron chi connectivity index (χ2n) is 11.6. The molecule has 49 heavy (non-hydrogen) atoms. The molecule has 0 radical (unpaired) electrons. The van der Waals surface area contributed by atoms with Crippen molar-refractivity contribution in [1.29, 1.82) is 0 Å². The molecular formula is C40H37N3O6. The maximum Gasteiger partial charge on any atom is 0.193 e. The number of aryl methyl sites for hydroxylation is 2. The number of aromatic hydroxyl groups is 1. The molecule has 9 nitrogen and oxygen atoms in total. The van der Waals surface area contributed by atoms with Gasteiger partial charge < -0.3 is 19.0 Å². The lowest BCUT2D eigenvalue weighted by atomic mass is 10.0. The Labute approximate surface area is 284 Å². The van der Waals surface area contributed by atoms with E-state index in [0.29, 0.717) is 47.8 Å². The SMILES string of the molecule is CCc1ccc(O)c(C(=O)/C=C/c2ccc(OCCCCc3cn(CCOc4cccc5c(=O)cc(-c6ccccc6)oc45)nn3)cc2)c1. The first-order valence-electron chi connectivity index (χ1n) is 16.4. The molecule has 0 atom stereocenters. The number of benzene rings is 4. The fourth-order valence-electron chi connectivity index (χ4n) is 5.36. The van der Waals surface area contributed by atoms with Crippen LogP contribution in [-0.2, 0) is 19.4 Å². The van der Waals surface area contributed by atoms with Gasteiger partial charge in [-0.3, -0.25) is 9.59 Å². The van der Waals surface area contributed by atoms with Gasteiger partial charge in [-0.25, -0.2) is 4.68 Å². The Morgan fingerprint density at radius 1 is 0.918 bits per heavy atom. The lowest BCUT2D eigenvalue weighted by Crippen LogP contribution is -2.09. The number of para-hydroxylation sites is 1. The second-order valence-corrected chi connectivity index (χ2v) is 11.6. The van der Waals surface area contributed by atoms with Gasteiger partial charge in [-0.2, -0.15) is 0 Å². The number of nitrogens with zero attached hydrogens (tertiary/aromatic N) is 3. The number of rotatable bonds is 15. The van der Waals surface area contributed by atoms with E-state index in [4.69, 9.17) is 13.9 Å². The van der Waals surface area contributed by atoms with E-state index < -0.39 is 0 Å². The smallest absolute Gasteiger partial charge is 0.193 e. The Kier molecular flexibility index (Phi) is 10.6. The number of hydrogen-bond acceptors (Lipinski definition) is 8. The fourth-order valence-corrected chi connectivity index (χ4v) is 5.36. The molecule has 6 rings (SSSR count). The number of unbranched alkanes of at least 4 members (excludes halogenated alkanes) is 1. The molecule has 0 aliphatic rings. The van der Waals surface area contributed by atoms with Crippen LogP contribution in [0.4, 0.5) is 0 Å². The first-order valence-corrected chi connectivity index (χ1v) is 16.4. The number of aromatic nitrogens is 3. The molecule has 0 amide bonds. The molecule has 248 valence electrons. The van der Waals surface area contributed by atoms with Crippen LogP contribution in [0.25, 0.3) is 28.4 Å². The average Bonchev–Trinajstić information content (AvgIpc) is 3.59. The standard InChI is InChI=1S/C40H37N3O6/c1-2-28-16-20-35(44)34(25-28)36(45)21-17-29-14-18-32(19-15-29)47-23-7-6-11-31-27-43(42-41-31)22-24-48-38-13-8-12-33-37(46)26-39(49-40(33)38)30-9-4-3-5-10-30/h3-5,8-10,12-21,25-27,44H,2,6-7,11,22-24H2,1H3/b21-17+. The Balaban J connectivity index is 0.929. The number of phenolic OH excluding ortho intramolecular Hbond substituents is 1. The predicted molar refractivity (Wildman–Crippen MR) is 189 cm³/mol. The van der Waals surface area contributed by atoms with Crippen LogP contribution in [0.3, 0.4) is 0 Å². The summed E-state index contributed by atoms with van der Waals surface area (Å²) in [7, 11) is 0. The number of allylic oxidation sites excluding steroid dienone is 1. The number of ether oxygens (including phenoxy) is 2. The molecular weight excluding hydrogens is 618 g/mol. The Morgan fingerprint density at radius 3 is 2.57 bits per heavy atom. The van der Waals surface area contributed by atoms with E-state index >= 15 is 0 Å².